The first-order valence-corrected chi connectivity index (χ1v) is 9.97. The highest BCUT2D eigenvalue weighted by Gasteiger charge is 2.15. The van der Waals surface area contributed by atoms with Gasteiger partial charge in [0.05, 0.1) is 16.8 Å². The number of carbonyl (C=O) groups excluding carboxylic acids is 1. The van der Waals surface area contributed by atoms with Crippen LogP contribution in [0.4, 0.5) is 0 Å². The molecule has 0 aliphatic rings. The number of rotatable bonds is 5. The van der Waals surface area contributed by atoms with E-state index < -0.39 is 17.0 Å². The molecule has 0 radical (unpaired) electrons. The Bertz CT molecular complexity index is 1200. The van der Waals surface area contributed by atoms with Gasteiger partial charge in [0.25, 0.3) is 5.91 Å². The van der Waals surface area contributed by atoms with E-state index in [2.05, 4.69) is 4.98 Å². The highest BCUT2D eigenvalue weighted by atomic mass is 32.2. The summed E-state index contributed by atoms with van der Waals surface area (Å²) in [6.45, 7) is 0. The van der Waals surface area contributed by atoms with Crippen LogP contribution in [-0.2, 0) is 16.8 Å². The average Bonchev–Trinajstić information content (AvgIpc) is 3.11. The summed E-state index contributed by atoms with van der Waals surface area (Å²) in [6.07, 6.45) is 1.83. The van der Waals surface area contributed by atoms with Crippen molar-refractivity contribution in [2.45, 2.75) is 5.75 Å². The standard InChI is InChI=1S/C22H18N2O3S/c23-22(25)19-11-17(15-6-2-1-3-7-15)10-18-20(12-24-21(18)19)16-8-4-5-14(9-16)13-28(26)27/h1-12,24H,13H2,(H2,23,25)(H,26,27). The van der Waals surface area contributed by atoms with Crippen LogP contribution in [0.15, 0.2) is 72.9 Å². The van der Waals surface area contributed by atoms with Crippen LogP contribution in [0.5, 0.6) is 0 Å². The van der Waals surface area contributed by atoms with Crippen molar-refractivity contribution in [2.75, 3.05) is 0 Å². The summed E-state index contributed by atoms with van der Waals surface area (Å²) in [6, 6.07) is 21.1. The maximum atomic E-state index is 12.1. The Morgan fingerprint density at radius 1 is 0.964 bits per heavy atom. The largest absolute Gasteiger partial charge is 0.366 e. The van der Waals surface area contributed by atoms with E-state index in [1.165, 1.54) is 0 Å². The molecule has 4 aromatic rings. The first-order chi connectivity index (χ1) is 13.5. The molecule has 0 spiro atoms. The zero-order valence-electron chi connectivity index (χ0n) is 14.9. The minimum absolute atomic E-state index is 0.0675. The number of benzene rings is 3. The fourth-order valence-corrected chi connectivity index (χ4v) is 3.90. The average molecular weight is 390 g/mol. The molecule has 140 valence electrons. The summed E-state index contributed by atoms with van der Waals surface area (Å²) in [7, 11) is 0. The number of hydrogen-bond acceptors (Lipinski definition) is 2. The SMILES string of the molecule is NC(=O)c1cc(-c2ccccc2)cc2c(-c3cccc(CS(=O)O)c3)c[nH]c12. The van der Waals surface area contributed by atoms with Gasteiger partial charge < -0.3 is 15.3 Å². The van der Waals surface area contributed by atoms with E-state index in [0.29, 0.717) is 11.1 Å². The topological polar surface area (TPSA) is 96.2 Å². The van der Waals surface area contributed by atoms with Crippen LogP contribution >= 0.6 is 0 Å². The van der Waals surface area contributed by atoms with Gasteiger partial charge in [-0.25, -0.2) is 4.21 Å². The van der Waals surface area contributed by atoms with E-state index >= 15 is 0 Å². The van der Waals surface area contributed by atoms with Gasteiger partial charge in [0.1, 0.15) is 0 Å². The zero-order chi connectivity index (χ0) is 19.7. The Kier molecular flexibility index (Phi) is 4.81. The molecular formula is C22H18N2O3S. The second-order valence-electron chi connectivity index (χ2n) is 6.55. The number of fused-ring (bicyclic) bond motifs is 1. The number of primary amides is 1. The summed E-state index contributed by atoms with van der Waals surface area (Å²) in [4.78, 5) is 15.2. The predicted molar refractivity (Wildman–Crippen MR) is 112 cm³/mol. The van der Waals surface area contributed by atoms with Crippen LogP contribution in [0.1, 0.15) is 15.9 Å². The molecule has 1 heterocycles. The van der Waals surface area contributed by atoms with E-state index in [-0.39, 0.29) is 5.75 Å². The number of nitrogens with two attached hydrogens (primary N) is 1. The zero-order valence-corrected chi connectivity index (χ0v) is 15.7. The van der Waals surface area contributed by atoms with E-state index in [1.54, 1.807) is 6.07 Å². The first-order valence-electron chi connectivity index (χ1n) is 8.70. The maximum absolute atomic E-state index is 12.1. The predicted octanol–water partition coefficient (Wildman–Crippen LogP) is 4.32. The van der Waals surface area contributed by atoms with Crippen LogP contribution in [0.2, 0.25) is 0 Å². The van der Waals surface area contributed by atoms with Crippen LogP contribution in [-0.4, -0.2) is 19.7 Å². The van der Waals surface area contributed by atoms with Crippen LogP contribution in [0, 0.1) is 0 Å². The molecule has 1 atom stereocenters. The van der Waals surface area contributed by atoms with E-state index in [4.69, 9.17) is 5.73 Å². The molecule has 4 rings (SSSR count). The highest BCUT2D eigenvalue weighted by Crippen LogP contribution is 2.34. The van der Waals surface area contributed by atoms with Gasteiger partial charge in [-0.1, -0.05) is 54.6 Å². The Hall–Kier alpha value is -3.22. The minimum atomic E-state index is -1.91. The number of amides is 1. The third kappa shape index (κ3) is 3.47. The van der Waals surface area contributed by atoms with Gasteiger partial charge in [-0.15, -0.1) is 0 Å². The van der Waals surface area contributed by atoms with Crippen molar-refractivity contribution >= 4 is 27.9 Å². The van der Waals surface area contributed by atoms with Crippen molar-refractivity contribution in [3.8, 4) is 22.3 Å². The molecule has 6 heteroatoms. The molecule has 1 aromatic heterocycles. The molecule has 5 nitrogen and oxygen atoms in total. The number of nitrogens with one attached hydrogen (secondary N) is 1. The Morgan fingerprint density at radius 2 is 1.71 bits per heavy atom. The van der Waals surface area contributed by atoms with E-state index in [1.807, 2.05) is 66.9 Å². The molecule has 0 saturated carbocycles. The molecule has 1 amide bonds. The fourth-order valence-electron chi connectivity index (χ4n) is 3.43. The molecular weight excluding hydrogens is 372 g/mol. The van der Waals surface area contributed by atoms with Gasteiger partial charge in [-0.05, 0) is 34.4 Å². The lowest BCUT2D eigenvalue weighted by Gasteiger charge is -2.08. The van der Waals surface area contributed by atoms with Gasteiger partial charge >= 0.3 is 0 Å². The molecule has 0 bridgehead atoms. The molecule has 28 heavy (non-hydrogen) atoms. The molecule has 3 aromatic carbocycles. The summed E-state index contributed by atoms with van der Waals surface area (Å²) in [5.74, 6) is -0.432. The lowest BCUT2D eigenvalue weighted by atomic mass is 9.96. The molecule has 0 fully saturated rings. The van der Waals surface area contributed by atoms with Gasteiger partial charge in [-0.3, -0.25) is 4.79 Å². The van der Waals surface area contributed by atoms with Crippen LogP contribution < -0.4 is 5.73 Å². The first kappa shape index (κ1) is 18.2. The lowest BCUT2D eigenvalue weighted by Crippen LogP contribution is -2.11. The molecule has 0 aliphatic heterocycles. The van der Waals surface area contributed by atoms with Gasteiger partial charge in [0.2, 0.25) is 0 Å². The van der Waals surface area contributed by atoms with Crippen molar-refractivity contribution < 1.29 is 13.6 Å². The fraction of sp³-hybridized carbons (Fsp3) is 0.0455. The summed E-state index contributed by atoms with van der Waals surface area (Å²) >= 11 is -1.91. The van der Waals surface area contributed by atoms with E-state index in [9.17, 15) is 13.6 Å². The molecule has 4 N–H and O–H groups in total. The van der Waals surface area contributed by atoms with Crippen LogP contribution in [0.3, 0.4) is 0 Å². The summed E-state index contributed by atoms with van der Waals surface area (Å²) < 4.78 is 20.3. The number of aromatic nitrogens is 1. The smallest absolute Gasteiger partial charge is 0.250 e. The number of aromatic amines is 1. The van der Waals surface area contributed by atoms with Crippen molar-refractivity contribution in [3.05, 3.63) is 84.1 Å². The van der Waals surface area contributed by atoms with Crippen LogP contribution in [0.25, 0.3) is 33.2 Å². The number of hydrogen-bond donors (Lipinski definition) is 3. The maximum Gasteiger partial charge on any atom is 0.250 e. The second-order valence-corrected chi connectivity index (χ2v) is 7.48. The monoisotopic (exact) mass is 390 g/mol. The Morgan fingerprint density at radius 3 is 2.43 bits per heavy atom. The van der Waals surface area contributed by atoms with Gasteiger partial charge in [0.15, 0.2) is 11.1 Å². The normalized spacial score (nSPS) is 12.2. The van der Waals surface area contributed by atoms with Crippen molar-refractivity contribution in [1.29, 1.82) is 0 Å². The molecule has 0 saturated heterocycles. The summed E-state index contributed by atoms with van der Waals surface area (Å²) in [5.41, 5.74) is 11.2. The third-order valence-corrected chi connectivity index (χ3v) is 5.27. The Balaban J connectivity index is 1.92. The summed E-state index contributed by atoms with van der Waals surface area (Å²) in [5, 5.41) is 0.873. The van der Waals surface area contributed by atoms with Gasteiger partial charge in [0, 0.05) is 17.1 Å². The molecule has 1 unspecified atom stereocenters. The quantitative estimate of drug-likeness (QED) is 0.443. The Labute approximate surface area is 164 Å². The van der Waals surface area contributed by atoms with E-state index in [0.717, 1.165) is 33.2 Å². The third-order valence-electron chi connectivity index (χ3n) is 4.69. The molecule has 0 aliphatic carbocycles. The number of H-pyrrole nitrogens is 1. The minimum Gasteiger partial charge on any atom is -0.366 e. The van der Waals surface area contributed by atoms with Crippen molar-refractivity contribution in [1.82, 2.24) is 4.98 Å². The van der Waals surface area contributed by atoms with Gasteiger partial charge in [-0.2, -0.15) is 0 Å². The lowest BCUT2D eigenvalue weighted by molar-refractivity contribution is 0.100. The highest BCUT2D eigenvalue weighted by molar-refractivity contribution is 7.78. The number of carbonyl (C=O) groups is 1. The van der Waals surface area contributed by atoms with Crippen molar-refractivity contribution in [2.24, 2.45) is 5.73 Å². The van der Waals surface area contributed by atoms with Crippen molar-refractivity contribution in [3.63, 3.8) is 0 Å². The second kappa shape index (κ2) is 7.42.